The lowest BCUT2D eigenvalue weighted by Crippen LogP contribution is -2.85. The first-order chi connectivity index (χ1) is 9.04. The van der Waals surface area contributed by atoms with Crippen molar-refractivity contribution in [2.75, 3.05) is 13.1 Å². The first-order valence-electron chi connectivity index (χ1n) is 6.31. The first kappa shape index (κ1) is 17.1. The van der Waals surface area contributed by atoms with Gasteiger partial charge in [0.2, 0.25) is 0 Å². The molecule has 0 saturated carbocycles. The number of benzene rings is 1. The van der Waals surface area contributed by atoms with E-state index in [1.165, 1.54) is 32.4 Å². The van der Waals surface area contributed by atoms with Crippen LogP contribution in [0.3, 0.4) is 0 Å². The second kappa shape index (κ2) is 11.2. The number of aliphatic carboxylic acids is 1. The molecule has 5 heteroatoms. The third-order valence-electron chi connectivity index (χ3n) is 2.34. The molecule has 0 amide bonds. The van der Waals surface area contributed by atoms with E-state index in [1.807, 2.05) is 0 Å². The Kier molecular flexibility index (Phi) is 10.1. The maximum Gasteiger partial charge on any atom is 0.335 e. The fourth-order valence-electron chi connectivity index (χ4n) is 1.48. The number of quaternary nitrogens is 1. The number of nitrogens with two attached hydrogens (primary N) is 1. The van der Waals surface area contributed by atoms with Gasteiger partial charge in [-0.25, -0.2) is 4.79 Å². The van der Waals surface area contributed by atoms with Crippen LogP contribution in [0.15, 0.2) is 30.3 Å². The van der Waals surface area contributed by atoms with Gasteiger partial charge in [0.1, 0.15) is 0 Å². The SMILES string of the molecule is C1CC[NH2+]CC1.CC(=O)[O-].O=C(O)c1ccccc1. The van der Waals surface area contributed by atoms with E-state index in [0.29, 0.717) is 5.56 Å². The molecule has 1 aliphatic rings. The molecule has 3 N–H and O–H groups in total. The van der Waals surface area contributed by atoms with Crippen molar-refractivity contribution >= 4 is 11.9 Å². The molecule has 0 aromatic heterocycles. The van der Waals surface area contributed by atoms with E-state index < -0.39 is 11.9 Å². The fraction of sp³-hybridized carbons (Fsp3) is 0.429. The minimum atomic E-state index is -1.08. The van der Waals surface area contributed by atoms with Gasteiger partial charge in [0, 0.05) is 5.97 Å². The van der Waals surface area contributed by atoms with E-state index in [0.717, 1.165) is 6.92 Å². The zero-order valence-corrected chi connectivity index (χ0v) is 11.2. The normalized spacial score (nSPS) is 13.1. The molecule has 5 nitrogen and oxygen atoms in total. The maximum absolute atomic E-state index is 10.2. The molecule has 1 aromatic carbocycles. The van der Waals surface area contributed by atoms with Crippen LogP contribution in [-0.2, 0) is 4.79 Å². The van der Waals surface area contributed by atoms with Gasteiger partial charge in [0.25, 0.3) is 0 Å². The van der Waals surface area contributed by atoms with Crippen LogP contribution >= 0.6 is 0 Å². The van der Waals surface area contributed by atoms with E-state index in [9.17, 15) is 4.79 Å². The summed E-state index contributed by atoms with van der Waals surface area (Å²) in [7, 11) is 0. The van der Waals surface area contributed by atoms with Gasteiger partial charge in [-0.2, -0.15) is 0 Å². The summed E-state index contributed by atoms with van der Waals surface area (Å²) in [5.41, 5.74) is 0.331. The first-order valence-corrected chi connectivity index (χ1v) is 6.31. The van der Waals surface area contributed by atoms with Gasteiger partial charge in [0.15, 0.2) is 0 Å². The number of carbonyl (C=O) groups is 2. The zero-order valence-electron chi connectivity index (χ0n) is 11.2. The molecule has 0 bridgehead atoms. The van der Waals surface area contributed by atoms with E-state index in [2.05, 4.69) is 5.32 Å². The summed E-state index contributed by atoms with van der Waals surface area (Å²) in [5.74, 6) is -1.96. The van der Waals surface area contributed by atoms with Crippen molar-refractivity contribution in [3.05, 3.63) is 35.9 Å². The Labute approximate surface area is 113 Å². The van der Waals surface area contributed by atoms with Gasteiger partial charge in [-0.1, -0.05) is 18.2 Å². The highest BCUT2D eigenvalue weighted by molar-refractivity contribution is 5.87. The summed E-state index contributed by atoms with van der Waals surface area (Å²) in [4.78, 5) is 19.1. The van der Waals surface area contributed by atoms with Gasteiger partial charge in [-0.05, 0) is 38.3 Å². The predicted molar refractivity (Wildman–Crippen MR) is 69.6 cm³/mol. The van der Waals surface area contributed by atoms with Crippen molar-refractivity contribution in [2.45, 2.75) is 26.2 Å². The Morgan fingerprint density at radius 1 is 1.11 bits per heavy atom. The number of hydrogen-bond acceptors (Lipinski definition) is 3. The minimum absolute atomic E-state index is 0.331. The number of hydrogen-bond donors (Lipinski definition) is 2. The lowest BCUT2D eigenvalue weighted by atomic mass is 10.2. The molecular formula is C14H21NO4. The summed E-state index contributed by atoms with van der Waals surface area (Å²) < 4.78 is 0. The average molecular weight is 267 g/mol. The van der Waals surface area contributed by atoms with Crippen molar-refractivity contribution in [3.8, 4) is 0 Å². The van der Waals surface area contributed by atoms with Crippen molar-refractivity contribution in [3.63, 3.8) is 0 Å². The van der Waals surface area contributed by atoms with Crippen molar-refractivity contribution < 1.29 is 25.1 Å². The molecule has 19 heavy (non-hydrogen) atoms. The van der Waals surface area contributed by atoms with Crippen molar-refractivity contribution in [2.24, 2.45) is 0 Å². The number of rotatable bonds is 1. The van der Waals surface area contributed by atoms with Crippen LogP contribution in [0, 0.1) is 0 Å². The monoisotopic (exact) mass is 267 g/mol. The fourth-order valence-corrected chi connectivity index (χ4v) is 1.48. The molecule has 1 saturated heterocycles. The van der Waals surface area contributed by atoms with Gasteiger partial charge in [0.05, 0.1) is 18.7 Å². The van der Waals surface area contributed by atoms with Gasteiger partial charge >= 0.3 is 5.97 Å². The predicted octanol–water partition coefficient (Wildman–Crippen LogP) is -0.125. The largest absolute Gasteiger partial charge is 0.550 e. The highest BCUT2D eigenvalue weighted by atomic mass is 16.4. The smallest absolute Gasteiger partial charge is 0.335 e. The Balaban J connectivity index is 0.000000281. The molecule has 0 unspecified atom stereocenters. The van der Waals surface area contributed by atoms with E-state index >= 15 is 0 Å². The van der Waals surface area contributed by atoms with E-state index in [-0.39, 0.29) is 0 Å². The molecule has 1 fully saturated rings. The lowest BCUT2D eigenvalue weighted by molar-refractivity contribution is -0.662. The van der Waals surface area contributed by atoms with Crippen molar-refractivity contribution in [1.29, 1.82) is 0 Å². The summed E-state index contributed by atoms with van der Waals surface area (Å²) in [6.07, 6.45) is 4.36. The molecule has 1 aliphatic heterocycles. The molecule has 0 atom stereocenters. The van der Waals surface area contributed by atoms with Crippen molar-refractivity contribution in [1.82, 2.24) is 0 Å². The van der Waals surface area contributed by atoms with Gasteiger partial charge in [-0.15, -0.1) is 0 Å². The summed E-state index contributed by atoms with van der Waals surface area (Å²) in [6, 6.07) is 8.30. The summed E-state index contributed by atoms with van der Waals surface area (Å²) in [6.45, 7) is 3.72. The number of carboxylic acids is 2. The van der Waals surface area contributed by atoms with Gasteiger partial charge in [-0.3, -0.25) is 0 Å². The number of carbonyl (C=O) groups excluding carboxylic acids is 1. The molecule has 106 valence electrons. The molecular weight excluding hydrogens is 246 g/mol. The number of carboxylic acid groups (broad SMARTS) is 2. The van der Waals surface area contributed by atoms with Gasteiger partial charge < -0.3 is 20.3 Å². The summed E-state index contributed by atoms with van der Waals surface area (Å²) >= 11 is 0. The van der Waals surface area contributed by atoms with Crippen LogP contribution in [0.1, 0.15) is 36.5 Å². The van der Waals surface area contributed by atoms with Crippen LogP contribution < -0.4 is 10.4 Å². The average Bonchev–Trinajstić information content (AvgIpc) is 2.42. The third kappa shape index (κ3) is 12.4. The molecule has 2 rings (SSSR count). The van der Waals surface area contributed by atoms with E-state index in [1.54, 1.807) is 30.3 Å². The quantitative estimate of drug-likeness (QED) is 0.741. The van der Waals surface area contributed by atoms with Crippen LogP contribution in [0.5, 0.6) is 0 Å². The third-order valence-corrected chi connectivity index (χ3v) is 2.34. The molecule has 0 spiro atoms. The second-order valence-corrected chi connectivity index (χ2v) is 4.09. The van der Waals surface area contributed by atoms with Crippen LogP contribution in [0.25, 0.3) is 0 Å². The molecule has 1 heterocycles. The Morgan fingerprint density at radius 2 is 1.58 bits per heavy atom. The highest BCUT2D eigenvalue weighted by Gasteiger charge is 1.97. The zero-order chi connectivity index (χ0) is 14.5. The highest BCUT2D eigenvalue weighted by Crippen LogP contribution is 1.96. The number of aromatic carboxylic acids is 1. The van der Waals surface area contributed by atoms with E-state index in [4.69, 9.17) is 15.0 Å². The Morgan fingerprint density at radius 3 is 1.79 bits per heavy atom. The van der Waals surface area contributed by atoms with Crippen LogP contribution in [0.4, 0.5) is 0 Å². The summed E-state index contributed by atoms with van der Waals surface area (Å²) in [5, 5.41) is 19.7. The Hall–Kier alpha value is -1.88. The van der Waals surface area contributed by atoms with Crippen LogP contribution in [-0.4, -0.2) is 30.1 Å². The standard InChI is InChI=1S/C7H6O2.C5H11N.C2H4O2/c8-7(9)6-4-2-1-3-5-6;1-2-4-6-5-3-1;1-2(3)4/h1-5H,(H,8,9);6H,1-5H2;1H3,(H,3,4). The van der Waals surface area contributed by atoms with Crippen LogP contribution in [0.2, 0.25) is 0 Å². The lowest BCUT2D eigenvalue weighted by Gasteiger charge is -2.05. The second-order valence-electron chi connectivity index (χ2n) is 4.09. The Bertz CT molecular complexity index is 345. The molecule has 1 aromatic rings. The minimum Gasteiger partial charge on any atom is -0.550 e. The maximum atomic E-state index is 10.2. The number of piperidine rings is 1. The molecule has 0 aliphatic carbocycles. The molecule has 0 radical (unpaired) electrons. The topological polar surface area (TPSA) is 94.0 Å².